The predicted molar refractivity (Wildman–Crippen MR) is 102 cm³/mol. The summed E-state index contributed by atoms with van der Waals surface area (Å²) >= 11 is 0. The molecule has 0 radical (unpaired) electrons. The molecule has 1 nitrogen and oxygen atoms in total. The molecule has 4 aromatic rings. The Labute approximate surface area is 158 Å². The third kappa shape index (κ3) is 1.61. The highest BCUT2D eigenvalue weighted by Crippen LogP contribution is 2.65. The van der Waals surface area contributed by atoms with Crippen LogP contribution in [0, 0.1) is 24.3 Å². The van der Waals surface area contributed by atoms with Gasteiger partial charge >= 0.3 is 0 Å². The van der Waals surface area contributed by atoms with Crippen LogP contribution in [0.3, 0.4) is 0 Å². The molecule has 0 spiro atoms. The lowest BCUT2D eigenvalue weighted by Gasteiger charge is -2.28. The van der Waals surface area contributed by atoms with Gasteiger partial charge in [-0.05, 0) is 35.4 Å². The zero-order valence-electron chi connectivity index (χ0n) is 14.5. The second-order valence-electron chi connectivity index (χ2n) is 7.01. The number of benzene rings is 2. The number of hydrogen-bond acceptors (Lipinski definition) is 1. The molecule has 0 amide bonds. The van der Waals surface area contributed by atoms with E-state index in [0.717, 1.165) is 33.4 Å². The highest BCUT2D eigenvalue weighted by Gasteiger charge is 2.64. The first-order valence-electron chi connectivity index (χ1n) is 9.04. The predicted octanol–water partition coefficient (Wildman–Crippen LogP) is 4.81. The third-order valence-electron chi connectivity index (χ3n) is 5.80. The summed E-state index contributed by atoms with van der Waals surface area (Å²) in [6.07, 6.45) is 0. The average molecular weight is 342 g/mol. The molecule has 2 heterocycles. The molecule has 27 heavy (non-hydrogen) atoms. The Kier molecular flexibility index (Phi) is 2.72. The monoisotopic (exact) mass is 342 g/mol. The maximum atomic E-state index is 7.08. The van der Waals surface area contributed by atoms with Crippen molar-refractivity contribution in [2.45, 2.75) is 11.2 Å². The largest absolute Gasteiger partial charge is 0.340 e. The van der Waals surface area contributed by atoms with Gasteiger partial charge in [0.05, 0.1) is 0 Å². The fraction of sp³-hybridized carbons (Fsp3) is 0.0769. The molecule has 124 valence electrons. The average Bonchev–Trinajstić information content (AvgIpc) is 3.25. The molecule has 0 saturated heterocycles. The van der Waals surface area contributed by atoms with Gasteiger partial charge in [-0.15, -0.1) is 0 Å². The Morgan fingerprint density at radius 3 is 1.15 bits per heavy atom. The van der Waals surface area contributed by atoms with Crippen molar-refractivity contribution in [1.82, 2.24) is 0 Å². The lowest BCUT2D eigenvalue weighted by atomic mass is 9.69. The van der Waals surface area contributed by atoms with Crippen LogP contribution in [0.5, 0.6) is 0 Å². The number of ether oxygens (including phenoxy) is 1. The topological polar surface area (TPSA) is 9.23 Å². The minimum atomic E-state index is -0.668. The molecule has 0 aliphatic carbocycles. The first-order chi connectivity index (χ1) is 13.4. The van der Waals surface area contributed by atoms with Gasteiger partial charge in [0.15, 0.2) is 0 Å². The summed E-state index contributed by atoms with van der Waals surface area (Å²) in [5.74, 6) is 0. The normalized spacial score (nSPS) is 23.9. The summed E-state index contributed by atoms with van der Waals surface area (Å²) in [6, 6.07) is 41.5. The molecule has 0 saturated carbocycles. The summed E-state index contributed by atoms with van der Waals surface area (Å²) in [5, 5.41) is 0. The van der Waals surface area contributed by atoms with Crippen LogP contribution < -0.4 is 0 Å². The number of fused-ring (bicyclic) bond motifs is 8. The molecule has 0 unspecified atom stereocenters. The summed E-state index contributed by atoms with van der Waals surface area (Å²) < 4.78 is 7.08. The van der Waals surface area contributed by atoms with E-state index in [4.69, 9.17) is 4.74 Å². The van der Waals surface area contributed by atoms with Crippen LogP contribution in [-0.2, 0) is 15.9 Å². The molecule has 0 atom stereocenters. The molecule has 0 aromatic heterocycles. The van der Waals surface area contributed by atoms with Crippen molar-refractivity contribution in [3.63, 3.8) is 0 Å². The first kappa shape index (κ1) is 14.6. The van der Waals surface area contributed by atoms with E-state index in [1.54, 1.807) is 0 Å². The van der Waals surface area contributed by atoms with Crippen molar-refractivity contribution in [3.8, 4) is 0 Å². The zero-order valence-corrected chi connectivity index (χ0v) is 14.5. The third-order valence-corrected chi connectivity index (χ3v) is 5.80. The van der Waals surface area contributed by atoms with E-state index in [0.29, 0.717) is 0 Å². The van der Waals surface area contributed by atoms with Gasteiger partial charge in [-0.3, -0.25) is 0 Å². The lowest BCUT2D eigenvalue weighted by Crippen LogP contribution is -2.26. The second kappa shape index (κ2) is 5.01. The van der Waals surface area contributed by atoms with Crippen LogP contribution in [0.4, 0.5) is 0 Å². The molecule has 1 heteroatoms. The molecule has 0 N–H and O–H groups in total. The van der Waals surface area contributed by atoms with Crippen LogP contribution in [-0.4, -0.2) is 0 Å². The summed E-state index contributed by atoms with van der Waals surface area (Å²) in [6.45, 7) is 0. The van der Waals surface area contributed by atoms with Gasteiger partial charge in [-0.25, -0.2) is 0 Å². The Hall–Kier alpha value is -3.52. The molecule has 6 rings (SSSR count). The molecular weight excluding hydrogens is 328 g/mol. The lowest BCUT2D eigenvalue weighted by molar-refractivity contribution is -0.0258. The van der Waals surface area contributed by atoms with Crippen molar-refractivity contribution in [2.75, 3.05) is 0 Å². The Morgan fingerprint density at radius 2 is 0.815 bits per heavy atom. The highest BCUT2D eigenvalue weighted by molar-refractivity contribution is 5.69. The summed E-state index contributed by atoms with van der Waals surface area (Å²) in [5.41, 5.74) is 5.40. The van der Waals surface area contributed by atoms with Gasteiger partial charge in [0.2, 0.25) is 0 Å². The molecule has 2 aliphatic heterocycles. The van der Waals surface area contributed by atoms with Crippen LogP contribution in [0.1, 0.15) is 33.4 Å². The maximum absolute atomic E-state index is 7.08. The Balaban J connectivity index is 1.78. The Morgan fingerprint density at radius 1 is 0.481 bits per heavy atom. The SMILES string of the molecule is c1cc2c(cc#1)C1(c3ccccc3)OC2(c2ccccc2)c2cc#ccc21. The highest BCUT2D eigenvalue weighted by atomic mass is 16.5. The molecule has 4 aromatic carbocycles. The van der Waals surface area contributed by atoms with Gasteiger partial charge in [-0.2, -0.15) is 0 Å². The van der Waals surface area contributed by atoms with Crippen molar-refractivity contribution in [2.24, 2.45) is 0 Å². The molecular formula is C26H14O. The van der Waals surface area contributed by atoms with Crippen molar-refractivity contribution >= 4 is 0 Å². The van der Waals surface area contributed by atoms with E-state index < -0.39 is 11.2 Å². The second-order valence-corrected chi connectivity index (χ2v) is 7.01. The van der Waals surface area contributed by atoms with E-state index in [2.05, 4.69) is 72.8 Å². The van der Waals surface area contributed by atoms with Crippen molar-refractivity contribution in [1.29, 1.82) is 0 Å². The fourth-order valence-electron chi connectivity index (χ4n) is 4.76. The van der Waals surface area contributed by atoms with Gasteiger partial charge in [0.1, 0.15) is 11.2 Å². The van der Waals surface area contributed by atoms with Crippen LogP contribution in [0.15, 0.2) is 84.9 Å². The molecule has 0 fully saturated rings. The van der Waals surface area contributed by atoms with Gasteiger partial charge in [0, 0.05) is 22.3 Å². The Bertz CT molecular complexity index is 1010. The zero-order chi connectivity index (χ0) is 17.9. The van der Waals surface area contributed by atoms with E-state index in [9.17, 15) is 0 Å². The maximum Gasteiger partial charge on any atom is 0.147 e. The first-order valence-corrected chi connectivity index (χ1v) is 9.04. The van der Waals surface area contributed by atoms with E-state index in [1.165, 1.54) is 0 Å². The van der Waals surface area contributed by atoms with Gasteiger partial charge < -0.3 is 4.74 Å². The van der Waals surface area contributed by atoms with Gasteiger partial charge in [-0.1, -0.05) is 84.9 Å². The van der Waals surface area contributed by atoms with E-state index in [-0.39, 0.29) is 0 Å². The van der Waals surface area contributed by atoms with Crippen LogP contribution in [0.25, 0.3) is 0 Å². The molecule has 2 bridgehead atoms. The van der Waals surface area contributed by atoms with Gasteiger partial charge in [0.25, 0.3) is 0 Å². The summed E-state index contributed by atoms with van der Waals surface area (Å²) in [7, 11) is 0. The van der Waals surface area contributed by atoms with Crippen molar-refractivity contribution in [3.05, 3.63) is 143 Å². The van der Waals surface area contributed by atoms with E-state index in [1.807, 2.05) is 36.4 Å². The summed E-state index contributed by atoms with van der Waals surface area (Å²) in [4.78, 5) is 0. The minimum absolute atomic E-state index is 0.668. The smallest absolute Gasteiger partial charge is 0.147 e. The van der Waals surface area contributed by atoms with Crippen LogP contribution >= 0.6 is 0 Å². The van der Waals surface area contributed by atoms with Crippen LogP contribution in [0.2, 0.25) is 0 Å². The standard InChI is InChI=1S/C26H14O/c1-3-11-19(12-4-1)25-21-15-7-9-17-23(21)26(27-25,20-13-5-2-6-14-20)24-18-10-8-16-22(24)25/h1-6,11-18H. The van der Waals surface area contributed by atoms with E-state index >= 15 is 0 Å². The quantitative estimate of drug-likeness (QED) is 0.508. The van der Waals surface area contributed by atoms with Crippen molar-refractivity contribution < 1.29 is 4.74 Å². The fourth-order valence-corrected chi connectivity index (χ4v) is 4.76. The number of hydrogen-bond donors (Lipinski definition) is 0. The minimum Gasteiger partial charge on any atom is -0.340 e. The molecule has 2 aliphatic rings. The number of rotatable bonds is 2.